The number of hydrogen-bond donors (Lipinski definition) is 1. The summed E-state index contributed by atoms with van der Waals surface area (Å²) in [4.78, 5) is 0. The molecule has 0 aliphatic carbocycles. The second kappa shape index (κ2) is 3.79. The Morgan fingerprint density at radius 3 is 2.81 bits per heavy atom. The minimum absolute atomic E-state index is 0.0271. The van der Waals surface area contributed by atoms with Crippen molar-refractivity contribution >= 4 is 0 Å². The number of benzene rings is 1. The number of fused-ring (bicyclic) bond motifs is 1. The van der Waals surface area contributed by atoms with Gasteiger partial charge in [-0.3, -0.25) is 0 Å². The molecule has 86 valence electrons. The molecule has 2 aliphatic rings. The van der Waals surface area contributed by atoms with Crippen LogP contribution in [0.25, 0.3) is 0 Å². The molecule has 1 unspecified atom stereocenters. The topological polar surface area (TPSA) is 21.3 Å². The van der Waals surface area contributed by atoms with Gasteiger partial charge in [0.1, 0.15) is 12.0 Å². The van der Waals surface area contributed by atoms with Gasteiger partial charge in [-0.1, -0.05) is 6.07 Å². The Morgan fingerprint density at radius 1 is 1.31 bits per heavy atom. The van der Waals surface area contributed by atoms with Crippen molar-refractivity contribution in [3.05, 3.63) is 35.1 Å². The summed E-state index contributed by atoms with van der Waals surface area (Å²) in [5.74, 6) is -0.386. The molecule has 0 spiro atoms. The maximum atomic E-state index is 13.6. The van der Waals surface area contributed by atoms with Gasteiger partial charge in [0.2, 0.25) is 0 Å². The number of nitrogens with one attached hydrogen (secondary N) is 1. The fourth-order valence-electron chi connectivity index (χ4n) is 2.35. The van der Waals surface area contributed by atoms with E-state index >= 15 is 0 Å². The highest BCUT2D eigenvalue weighted by molar-refractivity contribution is 5.34. The van der Waals surface area contributed by atoms with Gasteiger partial charge >= 0.3 is 0 Å². The summed E-state index contributed by atoms with van der Waals surface area (Å²) in [6.45, 7) is 0.999. The van der Waals surface area contributed by atoms with E-state index in [1.807, 2.05) is 0 Å². The van der Waals surface area contributed by atoms with E-state index < -0.39 is 6.17 Å². The number of rotatable bonds is 1. The van der Waals surface area contributed by atoms with E-state index in [-0.39, 0.29) is 24.6 Å². The smallest absolute Gasteiger partial charge is 0.149 e. The van der Waals surface area contributed by atoms with Crippen molar-refractivity contribution in [2.24, 2.45) is 0 Å². The molecule has 4 heteroatoms. The Balaban J connectivity index is 1.99. The van der Waals surface area contributed by atoms with E-state index in [1.54, 1.807) is 6.07 Å². The van der Waals surface area contributed by atoms with Crippen molar-refractivity contribution in [1.29, 1.82) is 0 Å². The normalized spacial score (nSPS) is 33.0. The average molecular weight is 225 g/mol. The zero-order chi connectivity index (χ0) is 11.1. The lowest BCUT2D eigenvalue weighted by Gasteiger charge is -2.39. The molecule has 1 fully saturated rings. The summed E-state index contributed by atoms with van der Waals surface area (Å²) >= 11 is 0. The van der Waals surface area contributed by atoms with Gasteiger partial charge < -0.3 is 10.1 Å². The van der Waals surface area contributed by atoms with E-state index in [0.29, 0.717) is 5.56 Å². The van der Waals surface area contributed by atoms with Crippen LogP contribution in [0.1, 0.15) is 29.8 Å². The van der Waals surface area contributed by atoms with Crippen molar-refractivity contribution in [2.45, 2.75) is 24.7 Å². The van der Waals surface area contributed by atoms with Crippen molar-refractivity contribution < 1.29 is 13.5 Å². The second-order valence-electron chi connectivity index (χ2n) is 4.34. The van der Waals surface area contributed by atoms with E-state index in [1.165, 1.54) is 12.1 Å². The lowest BCUT2D eigenvalue weighted by molar-refractivity contribution is -0.0339. The van der Waals surface area contributed by atoms with Crippen molar-refractivity contribution in [1.82, 2.24) is 5.32 Å². The lowest BCUT2D eigenvalue weighted by atomic mass is 9.88. The molecular weight excluding hydrogens is 212 g/mol. The summed E-state index contributed by atoms with van der Waals surface area (Å²) < 4.78 is 32.2. The summed E-state index contributed by atoms with van der Waals surface area (Å²) in [5.41, 5.74) is 1.24. The molecule has 1 aromatic rings. The molecule has 0 saturated carbocycles. The molecule has 0 bridgehead atoms. The van der Waals surface area contributed by atoms with Crippen LogP contribution in [0.3, 0.4) is 0 Å². The van der Waals surface area contributed by atoms with Gasteiger partial charge in [-0.15, -0.1) is 0 Å². The van der Waals surface area contributed by atoms with Gasteiger partial charge in [-0.25, -0.2) is 8.78 Å². The van der Waals surface area contributed by atoms with E-state index in [9.17, 15) is 8.78 Å². The highest BCUT2D eigenvalue weighted by atomic mass is 19.1. The SMILES string of the molecule is Fc1ccc2c(c1)C(F)CO[C@H]2[C@@H]1CCN1. The van der Waals surface area contributed by atoms with Crippen molar-refractivity contribution in [3.8, 4) is 0 Å². The van der Waals surface area contributed by atoms with Gasteiger partial charge in [-0.2, -0.15) is 0 Å². The summed E-state index contributed by atoms with van der Waals surface area (Å²) in [7, 11) is 0. The van der Waals surface area contributed by atoms with Crippen LogP contribution in [0, 0.1) is 5.82 Å². The highest BCUT2D eigenvalue weighted by Gasteiger charge is 2.35. The first-order valence-corrected chi connectivity index (χ1v) is 5.54. The number of halogens is 2. The number of hydrogen-bond acceptors (Lipinski definition) is 2. The zero-order valence-electron chi connectivity index (χ0n) is 8.75. The summed E-state index contributed by atoms with van der Waals surface area (Å²) in [6.07, 6.45) is -0.309. The monoisotopic (exact) mass is 225 g/mol. The molecular formula is C12H13F2NO. The molecule has 2 nitrogen and oxygen atoms in total. The van der Waals surface area contributed by atoms with Crippen LogP contribution in [-0.2, 0) is 4.74 Å². The zero-order valence-corrected chi connectivity index (χ0v) is 8.75. The summed E-state index contributed by atoms with van der Waals surface area (Å²) in [6, 6.07) is 4.54. The molecule has 3 rings (SSSR count). The first-order chi connectivity index (χ1) is 7.75. The van der Waals surface area contributed by atoms with Crippen LogP contribution in [-0.4, -0.2) is 19.2 Å². The van der Waals surface area contributed by atoms with Crippen LogP contribution < -0.4 is 5.32 Å². The average Bonchev–Trinajstić information content (AvgIpc) is 2.20. The van der Waals surface area contributed by atoms with Crippen molar-refractivity contribution in [2.75, 3.05) is 13.2 Å². The van der Waals surface area contributed by atoms with Crippen LogP contribution in [0.15, 0.2) is 18.2 Å². The Morgan fingerprint density at radius 2 is 2.12 bits per heavy atom. The van der Waals surface area contributed by atoms with Crippen molar-refractivity contribution in [3.63, 3.8) is 0 Å². The van der Waals surface area contributed by atoms with E-state index in [0.717, 1.165) is 18.5 Å². The lowest BCUT2D eigenvalue weighted by Crippen LogP contribution is -2.48. The van der Waals surface area contributed by atoms with E-state index in [2.05, 4.69) is 5.32 Å². The Labute approximate surface area is 92.6 Å². The third-order valence-corrected chi connectivity index (χ3v) is 3.34. The second-order valence-corrected chi connectivity index (χ2v) is 4.34. The molecule has 1 N–H and O–H groups in total. The maximum absolute atomic E-state index is 13.6. The standard InChI is InChI=1S/C12H13F2NO/c13-7-1-2-8-9(5-7)10(14)6-16-12(8)11-3-4-15-11/h1-2,5,10-12,15H,3-4,6H2/t10?,11-,12+/m0/s1. The Bertz CT molecular complexity index is 406. The molecule has 0 amide bonds. The molecule has 0 radical (unpaired) electrons. The molecule has 0 aromatic heterocycles. The molecule has 2 aliphatic heterocycles. The molecule has 2 heterocycles. The largest absolute Gasteiger partial charge is 0.368 e. The third-order valence-electron chi connectivity index (χ3n) is 3.34. The van der Waals surface area contributed by atoms with Crippen LogP contribution in [0.2, 0.25) is 0 Å². The van der Waals surface area contributed by atoms with Crippen LogP contribution in [0.5, 0.6) is 0 Å². The Hall–Kier alpha value is -1.00. The van der Waals surface area contributed by atoms with E-state index in [4.69, 9.17) is 4.74 Å². The molecule has 3 atom stereocenters. The fourth-order valence-corrected chi connectivity index (χ4v) is 2.35. The Kier molecular flexibility index (Phi) is 2.41. The minimum atomic E-state index is -1.21. The van der Waals surface area contributed by atoms with Crippen LogP contribution >= 0.6 is 0 Å². The van der Waals surface area contributed by atoms with Crippen LogP contribution in [0.4, 0.5) is 8.78 Å². The molecule has 1 saturated heterocycles. The highest BCUT2D eigenvalue weighted by Crippen LogP contribution is 2.38. The number of alkyl halides is 1. The third kappa shape index (κ3) is 1.53. The predicted octanol–water partition coefficient (Wildman–Crippen LogP) is 2.27. The number of ether oxygens (including phenoxy) is 1. The first-order valence-electron chi connectivity index (χ1n) is 5.54. The van der Waals surface area contributed by atoms with Gasteiger partial charge in [0.15, 0.2) is 0 Å². The maximum Gasteiger partial charge on any atom is 0.149 e. The minimum Gasteiger partial charge on any atom is -0.368 e. The van der Waals surface area contributed by atoms with Gasteiger partial charge in [-0.05, 0) is 36.2 Å². The molecule has 1 aromatic carbocycles. The first kappa shape index (κ1) is 10.2. The quantitative estimate of drug-likeness (QED) is 0.791. The fraction of sp³-hybridized carbons (Fsp3) is 0.500. The predicted molar refractivity (Wildman–Crippen MR) is 55.3 cm³/mol. The van der Waals surface area contributed by atoms with Gasteiger partial charge in [0, 0.05) is 6.04 Å². The van der Waals surface area contributed by atoms with Gasteiger partial charge in [0.25, 0.3) is 0 Å². The molecule has 16 heavy (non-hydrogen) atoms. The van der Waals surface area contributed by atoms with Gasteiger partial charge in [0.05, 0.1) is 12.7 Å². The summed E-state index contributed by atoms with van der Waals surface area (Å²) in [5, 5.41) is 3.24.